The summed E-state index contributed by atoms with van der Waals surface area (Å²) in [6.07, 6.45) is 8.45. The van der Waals surface area contributed by atoms with Gasteiger partial charge in [0.25, 0.3) is 0 Å². The Balaban J connectivity index is 1.56. The van der Waals surface area contributed by atoms with E-state index in [0.717, 1.165) is 19.4 Å². The first-order valence-electron chi connectivity index (χ1n) is 8.82. The van der Waals surface area contributed by atoms with Gasteiger partial charge in [-0.3, -0.25) is 0 Å². The van der Waals surface area contributed by atoms with Gasteiger partial charge in [-0.05, 0) is 50.0 Å². The molecule has 0 spiro atoms. The predicted molar refractivity (Wildman–Crippen MR) is 84.2 cm³/mol. The summed E-state index contributed by atoms with van der Waals surface area (Å²) < 4.78 is 5.89. The fourth-order valence-corrected chi connectivity index (χ4v) is 3.88. The Morgan fingerprint density at radius 1 is 1.10 bits per heavy atom. The monoisotopic (exact) mass is 299 g/mol. The Labute approximate surface area is 129 Å². The normalized spacial score (nSPS) is 35.0. The van der Waals surface area contributed by atoms with E-state index in [-0.39, 0.29) is 0 Å². The van der Waals surface area contributed by atoms with Crippen molar-refractivity contribution in [2.45, 2.75) is 64.1 Å². The van der Waals surface area contributed by atoms with E-state index in [1.165, 1.54) is 32.1 Å². The van der Waals surface area contributed by atoms with Crippen molar-refractivity contribution in [3.63, 3.8) is 0 Å². The third-order valence-corrected chi connectivity index (χ3v) is 5.37. The second-order valence-electron chi connectivity index (χ2n) is 7.08. The minimum absolute atomic E-state index is 0.303. The van der Waals surface area contributed by atoms with Crippen molar-refractivity contribution in [2.75, 3.05) is 26.3 Å². The quantitative estimate of drug-likeness (QED) is 0.641. The van der Waals surface area contributed by atoms with Gasteiger partial charge in [0.2, 0.25) is 0 Å². The third-order valence-electron chi connectivity index (χ3n) is 5.37. The molecule has 4 nitrogen and oxygen atoms in total. The molecule has 2 fully saturated rings. The lowest BCUT2D eigenvalue weighted by Gasteiger charge is -2.29. The highest BCUT2D eigenvalue weighted by Crippen LogP contribution is 2.30. The zero-order chi connectivity index (χ0) is 15.1. The molecule has 0 aromatic heterocycles. The smallest absolute Gasteiger partial charge is 0.0897 e. The van der Waals surface area contributed by atoms with Crippen LogP contribution in [-0.4, -0.2) is 48.7 Å². The van der Waals surface area contributed by atoms with Crippen LogP contribution in [0.15, 0.2) is 0 Å². The second kappa shape index (κ2) is 9.09. The summed E-state index contributed by atoms with van der Waals surface area (Å²) in [5, 5.41) is 22.7. The third kappa shape index (κ3) is 5.51. The number of ether oxygens (including phenoxy) is 1. The van der Waals surface area contributed by atoms with Crippen molar-refractivity contribution in [3.8, 4) is 0 Å². The Hall–Kier alpha value is -0.160. The highest BCUT2D eigenvalue weighted by molar-refractivity contribution is 4.79. The van der Waals surface area contributed by atoms with E-state index in [4.69, 9.17) is 4.74 Å². The van der Waals surface area contributed by atoms with E-state index in [1.54, 1.807) is 0 Å². The van der Waals surface area contributed by atoms with Gasteiger partial charge in [-0.1, -0.05) is 26.2 Å². The highest BCUT2D eigenvalue weighted by atomic mass is 16.5. The van der Waals surface area contributed by atoms with Crippen molar-refractivity contribution in [3.05, 3.63) is 0 Å². The first kappa shape index (κ1) is 17.2. The van der Waals surface area contributed by atoms with Crippen LogP contribution >= 0.6 is 0 Å². The van der Waals surface area contributed by atoms with Gasteiger partial charge in [0.05, 0.1) is 18.8 Å². The van der Waals surface area contributed by atoms with Gasteiger partial charge in [0.1, 0.15) is 0 Å². The molecule has 2 aliphatic carbocycles. The van der Waals surface area contributed by atoms with Gasteiger partial charge >= 0.3 is 0 Å². The molecule has 0 saturated heterocycles. The first-order valence-corrected chi connectivity index (χ1v) is 8.82. The lowest BCUT2D eigenvalue weighted by molar-refractivity contribution is -0.0453. The van der Waals surface area contributed by atoms with E-state index >= 15 is 0 Å². The van der Waals surface area contributed by atoms with E-state index in [1.807, 2.05) is 0 Å². The van der Waals surface area contributed by atoms with Gasteiger partial charge in [0.15, 0.2) is 0 Å². The molecular weight excluding hydrogens is 266 g/mol. The molecule has 0 amide bonds. The Bertz CT molecular complexity index is 287. The van der Waals surface area contributed by atoms with Crippen molar-refractivity contribution < 1.29 is 14.9 Å². The van der Waals surface area contributed by atoms with Gasteiger partial charge in [0, 0.05) is 13.2 Å². The molecule has 124 valence electrons. The summed E-state index contributed by atoms with van der Waals surface area (Å²) in [7, 11) is 0. The minimum atomic E-state index is -0.423. The maximum absolute atomic E-state index is 10.0. The minimum Gasteiger partial charge on any atom is -0.396 e. The van der Waals surface area contributed by atoms with Crippen LogP contribution < -0.4 is 5.32 Å². The molecule has 5 atom stereocenters. The predicted octanol–water partition coefficient (Wildman–Crippen LogP) is 1.94. The van der Waals surface area contributed by atoms with Gasteiger partial charge < -0.3 is 20.3 Å². The maximum atomic E-state index is 10.0. The molecule has 2 rings (SSSR count). The van der Waals surface area contributed by atoms with Crippen LogP contribution in [0, 0.1) is 17.8 Å². The lowest BCUT2D eigenvalue weighted by Crippen LogP contribution is -2.37. The molecule has 2 saturated carbocycles. The Morgan fingerprint density at radius 3 is 2.62 bits per heavy atom. The summed E-state index contributed by atoms with van der Waals surface area (Å²) in [4.78, 5) is 0. The molecule has 0 aromatic carbocycles. The fraction of sp³-hybridized carbons (Fsp3) is 1.00. The summed E-state index contributed by atoms with van der Waals surface area (Å²) in [6.45, 7) is 4.50. The largest absolute Gasteiger partial charge is 0.396 e. The van der Waals surface area contributed by atoms with Crippen molar-refractivity contribution >= 4 is 0 Å². The van der Waals surface area contributed by atoms with Crippen LogP contribution in [0.2, 0.25) is 0 Å². The first-order chi connectivity index (χ1) is 10.2. The molecule has 0 aliphatic heterocycles. The van der Waals surface area contributed by atoms with Crippen LogP contribution in [0.4, 0.5) is 0 Å². The number of hydrogen-bond donors (Lipinski definition) is 3. The van der Waals surface area contributed by atoms with E-state index in [0.29, 0.717) is 43.6 Å². The summed E-state index contributed by atoms with van der Waals surface area (Å²) in [6, 6.07) is 0. The number of aliphatic hydroxyl groups excluding tert-OH is 2. The van der Waals surface area contributed by atoms with E-state index in [2.05, 4.69) is 12.2 Å². The van der Waals surface area contributed by atoms with Crippen LogP contribution in [-0.2, 0) is 4.74 Å². The molecule has 21 heavy (non-hydrogen) atoms. The topological polar surface area (TPSA) is 61.7 Å². The number of hydrogen-bond acceptors (Lipinski definition) is 4. The summed E-state index contributed by atoms with van der Waals surface area (Å²) in [5.41, 5.74) is 0. The highest BCUT2D eigenvalue weighted by Gasteiger charge is 2.26. The number of aliphatic hydroxyl groups is 2. The summed E-state index contributed by atoms with van der Waals surface area (Å²) in [5.74, 6) is 1.65. The maximum Gasteiger partial charge on any atom is 0.0897 e. The van der Waals surface area contributed by atoms with Crippen LogP contribution in [0.3, 0.4) is 0 Å². The van der Waals surface area contributed by atoms with Crippen molar-refractivity contribution in [1.82, 2.24) is 5.32 Å². The SMILES string of the molecule is CC1CCCCC1OCC(O)CNCC1CCCC1CO. The summed E-state index contributed by atoms with van der Waals surface area (Å²) >= 11 is 0. The average Bonchev–Trinajstić information content (AvgIpc) is 2.94. The van der Waals surface area contributed by atoms with E-state index in [9.17, 15) is 10.2 Å². The average molecular weight is 299 g/mol. The van der Waals surface area contributed by atoms with Crippen LogP contribution in [0.1, 0.15) is 51.9 Å². The van der Waals surface area contributed by atoms with Gasteiger partial charge in [-0.2, -0.15) is 0 Å². The van der Waals surface area contributed by atoms with Gasteiger partial charge in [-0.15, -0.1) is 0 Å². The molecule has 0 bridgehead atoms. The zero-order valence-corrected chi connectivity index (χ0v) is 13.5. The fourth-order valence-electron chi connectivity index (χ4n) is 3.88. The van der Waals surface area contributed by atoms with E-state index < -0.39 is 6.10 Å². The second-order valence-corrected chi connectivity index (χ2v) is 7.08. The zero-order valence-electron chi connectivity index (χ0n) is 13.5. The molecule has 2 aliphatic rings. The van der Waals surface area contributed by atoms with Crippen LogP contribution in [0.5, 0.6) is 0 Å². The van der Waals surface area contributed by atoms with Crippen molar-refractivity contribution in [2.24, 2.45) is 17.8 Å². The molecule has 5 unspecified atom stereocenters. The van der Waals surface area contributed by atoms with Crippen LogP contribution in [0.25, 0.3) is 0 Å². The standard InChI is InChI=1S/C17H33NO3/c1-13-5-2-3-8-17(13)21-12-16(20)10-18-9-14-6-4-7-15(14)11-19/h13-20H,2-12H2,1H3. The molecule has 0 heterocycles. The van der Waals surface area contributed by atoms with Crippen molar-refractivity contribution in [1.29, 1.82) is 0 Å². The number of nitrogens with one attached hydrogen (secondary N) is 1. The molecule has 0 radical (unpaired) electrons. The lowest BCUT2D eigenvalue weighted by atomic mass is 9.88. The molecule has 3 N–H and O–H groups in total. The Kier molecular flexibility index (Phi) is 7.44. The molecule has 0 aromatic rings. The molecule has 4 heteroatoms. The van der Waals surface area contributed by atoms with Gasteiger partial charge in [-0.25, -0.2) is 0 Å². The Morgan fingerprint density at radius 2 is 1.86 bits per heavy atom. The molecular formula is C17H33NO3. The number of rotatable bonds is 8.